The van der Waals surface area contributed by atoms with Gasteiger partial charge in [0.05, 0.1) is 4.90 Å². The van der Waals surface area contributed by atoms with Gasteiger partial charge in [0.2, 0.25) is 0 Å². The third kappa shape index (κ3) is 4.38. The van der Waals surface area contributed by atoms with Crippen molar-refractivity contribution < 1.29 is 8.42 Å². The summed E-state index contributed by atoms with van der Waals surface area (Å²) in [5.41, 5.74) is 4.44. The number of aryl methyl sites for hydroxylation is 1. The Bertz CT molecular complexity index is 847. The Hall–Kier alpha value is -1.92. The molecule has 134 valence electrons. The van der Waals surface area contributed by atoms with Gasteiger partial charge < -0.3 is 5.32 Å². The van der Waals surface area contributed by atoms with Crippen LogP contribution in [0.1, 0.15) is 29.3 Å². The summed E-state index contributed by atoms with van der Waals surface area (Å²) >= 11 is 0. The number of rotatable bonds is 5. The molecule has 0 radical (unpaired) electrons. The second-order valence-electron chi connectivity index (χ2n) is 6.81. The van der Waals surface area contributed by atoms with E-state index in [0.717, 1.165) is 48.7 Å². The van der Waals surface area contributed by atoms with Crippen LogP contribution in [-0.4, -0.2) is 44.7 Å². The molecule has 1 aliphatic rings. The summed E-state index contributed by atoms with van der Waals surface area (Å²) in [6, 6.07) is 11.4. The van der Waals surface area contributed by atoms with E-state index in [1.54, 1.807) is 12.1 Å². The molecule has 25 heavy (non-hydrogen) atoms. The normalized spacial score (nSPS) is 18.4. The van der Waals surface area contributed by atoms with Crippen LogP contribution in [0, 0.1) is 6.92 Å². The van der Waals surface area contributed by atoms with Gasteiger partial charge >= 0.3 is 0 Å². The number of hydrogen-bond acceptors (Lipinski definition) is 5. The summed E-state index contributed by atoms with van der Waals surface area (Å²) in [5.74, 6) is 0.447. The van der Waals surface area contributed by atoms with E-state index in [2.05, 4.69) is 22.3 Å². The van der Waals surface area contributed by atoms with Gasteiger partial charge in [0.25, 0.3) is 0 Å². The maximum atomic E-state index is 11.5. The maximum absolute atomic E-state index is 11.5. The summed E-state index contributed by atoms with van der Waals surface area (Å²) in [7, 11) is -1.20. The van der Waals surface area contributed by atoms with Gasteiger partial charge in [0, 0.05) is 49.4 Å². The van der Waals surface area contributed by atoms with E-state index in [0.29, 0.717) is 10.8 Å². The minimum Gasteiger partial charge on any atom is -0.388 e. The topological polar surface area (TPSA) is 62.3 Å². The minimum absolute atomic E-state index is 0.374. The Morgan fingerprint density at radius 2 is 1.96 bits per heavy atom. The molecule has 0 saturated carbocycles. The standard InChI is InChI=1S/C19H25N3O2S/c1-14-10-17(20-2)11-19(21-14)16-8-9-22(13-16)12-15-4-6-18(7-5-15)25(3,23)24/h4-7,10-11,16H,8-9,12-13H2,1-3H3,(H,20,21). The first-order valence-corrected chi connectivity index (χ1v) is 10.4. The number of sulfone groups is 1. The van der Waals surface area contributed by atoms with Crippen molar-refractivity contribution >= 4 is 15.5 Å². The molecule has 1 saturated heterocycles. The van der Waals surface area contributed by atoms with Crippen LogP contribution >= 0.6 is 0 Å². The van der Waals surface area contributed by atoms with Crippen molar-refractivity contribution in [3.05, 3.63) is 53.3 Å². The predicted octanol–water partition coefficient (Wildman–Crippen LogP) is 2.82. The van der Waals surface area contributed by atoms with Crippen molar-refractivity contribution in [3.63, 3.8) is 0 Å². The highest BCUT2D eigenvalue weighted by molar-refractivity contribution is 7.90. The molecule has 2 heterocycles. The van der Waals surface area contributed by atoms with Crippen molar-refractivity contribution in [1.82, 2.24) is 9.88 Å². The molecule has 1 aromatic heterocycles. The van der Waals surface area contributed by atoms with E-state index in [4.69, 9.17) is 4.98 Å². The van der Waals surface area contributed by atoms with Crippen LogP contribution in [0.5, 0.6) is 0 Å². The molecule has 0 bridgehead atoms. The monoisotopic (exact) mass is 359 g/mol. The number of hydrogen-bond donors (Lipinski definition) is 1. The molecule has 1 unspecified atom stereocenters. The van der Waals surface area contributed by atoms with Crippen LogP contribution in [0.25, 0.3) is 0 Å². The first-order chi connectivity index (χ1) is 11.8. The molecule has 1 fully saturated rings. The third-order valence-electron chi connectivity index (χ3n) is 4.71. The zero-order valence-corrected chi connectivity index (χ0v) is 15.8. The molecule has 1 aliphatic heterocycles. The van der Waals surface area contributed by atoms with E-state index < -0.39 is 9.84 Å². The molecule has 1 atom stereocenters. The Labute approximate surface area is 150 Å². The number of anilines is 1. The number of likely N-dealkylation sites (tertiary alicyclic amines) is 1. The van der Waals surface area contributed by atoms with Crippen LogP contribution in [-0.2, 0) is 16.4 Å². The Kier molecular flexibility index (Phi) is 5.11. The molecule has 2 aromatic rings. The van der Waals surface area contributed by atoms with Gasteiger partial charge in [-0.25, -0.2) is 8.42 Å². The lowest BCUT2D eigenvalue weighted by atomic mass is 10.0. The second kappa shape index (κ2) is 7.14. The zero-order valence-electron chi connectivity index (χ0n) is 15.0. The van der Waals surface area contributed by atoms with Crippen LogP contribution in [0.3, 0.4) is 0 Å². The average Bonchev–Trinajstić information content (AvgIpc) is 3.02. The Morgan fingerprint density at radius 1 is 1.24 bits per heavy atom. The molecule has 1 aromatic carbocycles. The lowest BCUT2D eigenvalue weighted by Crippen LogP contribution is -2.20. The number of aromatic nitrogens is 1. The SMILES string of the molecule is CNc1cc(C)nc(C2CCN(Cc3ccc(S(C)(=O)=O)cc3)C2)c1. The average molecular weight is 359 g/mol. The van der Waals surface area contributed by atoms with Gasteiger partial charge in [-0.3, -0.25) is 9.88 Å². The first-order valence-electron chi connectivity index (χ1n) is 8.53. The molecular formula is C19H25N3O2S. The van der Waals surface area contributed by atoms with Gasteiger partial charge in [0.1, 0.15) is 0 Å². The van der Waals surface area contributed by atoms with Crippen LogP contribution in [0.2, 0.25) is 0 Å². The van der Waals surface area contributed by atoms with Gasteiger partial charge in [-0.2, -0.15) is 0 Å². The van der Waals surface area contributed by atoms with Crippen molar-refractivity contribution in [2.75, 3.05) is 31.7 Å². The molecular weight excluding hydrogens is 334 g/mol. The summed E-state index contributed by atoms with van der Waals surface area (Å²) in [5, 5.41) is 3.20. The van der Waals surface area contributed by atoms with E-state index in [-0.39, 0.29) is 0 Å². The van der Waals surface area contributed by atoms with Gasteiger partial charge in [-0.05, 0) is 49.7 Å². The fraction of sp³-hybridized carbons (Fsp3) is 0.421. The molecule has 6 heteroatoms. The minimum atomic E-state index is -3.13. The van der Waals surface area contributed by atoms with Crippen molar-refractivity contribution in [3.8, 4) is 0 Å². The molecule has 5 nitrogen and oxygen atoms in total. The molecule has 1 N–H and O–H groups in total. The second-order valence-corrected chi connectivity index (χ2v) is 8.82. The first kappa shape index (κ1) is 17.9. The van der Waals surface area contributed by atoms with Crippen molar-refractivity contribution in [2.45, 2.75) is 30.7 Å². The van der Waals surface area contributed by atoms with Crippen molar-refractivity contribution in [2.24, 2.45) is 0 Å². The van der Waals surface area contributed by atoms with Crippen LogP contribution in [0.4, 0.5) is 5.69 Å². The maximum Gasteiger partial charge on any atom is 0.175 e. The predicted molar refractivity (Wildman–Crippen MR) is 101 cm³/mol. The van der Waals surface area contributed by atoms with Crippen LogP contribution < -0.4 is 5.32 Å². The fourth-order valence-electron chi connectivity index (χ4n) is 3.37. The molecule has 0 amide bonds. The van der Waals surface area contributed by atoms with Crippen LogP contribution in [0.15, 0.2) is 41.3 Å². The largest absolute Gasteiger partial charge is 0.388 e. The number of nitrogens with one attached hydrogen (secondary N) is 1. The van der Waals surface area contributed by atoms with E-state index in [1.807, 2.05) is 26.1 Å². The highest BCUT2D eigenvalue weighted by atomic mass is 32.2. The van der Waals surface area contributed by atoms with Gasteiger partial charge in [0.15, 0.2) is 9.84 Å². The molecule has 3 rings (SSSR count). The van der Waals surface area contributed by atoms with E-state index >= 15 is 0 Å². The smallest absolute Gasteiger partial charge is 0.175 e. The quantitative estimate of drug-likeness (QED) is 0.889. The number of pyridine rings is 1. The zero-order chi connectivity index (χ0) is 18.0. The molecule has 0 aliphatic carbocycles. The van der Waals surface area contributed by atoms with E-state index in [9.17, 15) is 8.42 Å². The summed E-state index contributed by atoms with van der Waals surface area (Å²) < 4.78 is 23.1. The number of benzene rings is 1. The summed E-state index contributed by atoms with van der Waals surface area (Å²) in [6.07, 6.45) is 2.34. The fourth-order valence-corrected chi connectivity index (χ4v) is 4.00. The Balaban J connectivity index is 1.66. The highest BCUT2D eigenvalue weighted by Gasteiger charge is 2.25. The van der Waals surface area contributed by atoms with Gasteiger partial charge in [-0.1, -0.05) is 12.1 Å². The third-order valence-corrected chi connectivity index (χ3v) is 5.84. The lowest BCUT2D eigenvalue weighted by Gasteiger charge is -2.17. The Morgan fingerprint density at radius 3 is 2.60 bits per heavy atom. The molecule has 0 spiro atoms. The summed E-state index contributed by atoms with van der Waals surface area (Å²) in [6.45, 7) is 4.88. The van der Waals surface area contributed by atoms with E-state index in [1.165, 1.54) is 6.26 Å². The lowest BCUT2D eigenvalue weighted by molar-refractivity contribution is 0.326. The van der Waals surface area contributed by atoms with Crippen molar-refractivity contribution in [1.29, 1.82) is 0 Å². The number of nitrogens with zero attached hydrogens (tertiary/aromatic N) is 2. The highest BCUT2D eigenvalue weighted by Crippen LogP contribution is 2.29. The van der Waals surface area contributed by atoms with Gasteiger partial charge in [-0.15, -0.1) is 0 Å². The summed E-state index contributed by atoms with van der Waals surface area (Å²) in [4.78, 5) is 7.49.